The largest absolute Gasteiger partial charge is 0.490 e. The molecule has 0 radical (unpaired) electrons. The summed E-state index contributed by atoms with van der Waals surface area (Å²) < 4.78 is 11.0. The molecule has 1 atom stereocenters. The molecule has 0 spiro atoms. The molecule has 0 amide bonds. The average Bonchev–Trinajstić information content (AvgIpc) is 3.00. The van der Waals surface area contributed by atoms with Crippen molar-refractivity contribution in [2.24, 2.45) is 5.73 Å². The van der Waals surface area contributed by atoms with E-state index in [1.807, 2.05) is 36.4 Å². The van der Waals surface area contributed by atoms with Crippen LogP contribution in [0.2, 0.25) is 0 Å². The summed E-state index contributed by atoms with van der Waals surface area (Å²) in [5.41, 5.74) is 7.12. The van der Waals surface area contributed by atoms with Gasteiger partial charge in [-0.3, -0.25) is 0 Å². The number of hydrogen-bond acceptors (Lipinski definition) is 3. The molecule has 2 N–H and O–H groups in total. The highest BCUT2D eigenvalue weighted by atomic mass is 16.5. The lowest BCUT2D eigenvalue weighted by molar-refractivity contribution is 0.303. The van der Waals surface area contributed by atoms with Crippen LogP contribution in [0.4, 0.5) is 0 Å². The third-order valence-corrected chi connectivity index (χ3v) is 2.92. The van der Waals surface area contributed by atoms with Gasteiger partial charge in [0.05, 0.1) is 18.4 Å². The lowest BCUT2D eigenvalue weighted by Crippen LogP contribution is -2.10. The average molecular weight is 229 g/mol. The van der Waals surface area contributed by atoms with Gasteiger partial charge in [-0.2, -0.15) is 0 Å². The van der Waals surface area contributed by atoms with Crippen LogP contribution in [-0.2, 0) is 0 Å². The Balaban J connectivity index is 1.74. The van der Waals surface area contributed by atoms with Crippen molar-refractivity contribution in [3.8, 4) is 5.75 Å². The Morgan fingerprint density at radius 3 is 2.53 bits per heavy atom. The van der Waals surface area contributed by atoms with Crippen LogP contribution >= 0.6 is 0 Å². The highest BCUT2D eigenvalue weighted by molar-refractivity contribution is 5.32. The Morgan fingerprint density at radius 2 is 1.94 bits per heavy atom. The molecule has 1 heterocycles. The van der Waals surface area contributed by atoms with Crippen molar-refractivity contribution in [1.82, 2.24) is 0 Å². The van der Waals surface area contributed by atoms with Gasteiger partial charge in [-0.15, -0.1) is 0 Å². The minimum atomic E-state index is -0.208. The van der Waals surface area contributed by atoms with Crippen molar-refractivity contribution in [2.75, 3.05) is 0 Å². The summed E-state index contributed by atoms with van der Waals surface area (Å²) in [6, 6.07) is 11.4. The molecular weight excluding hydrogens is 214 g/mol. The zero-order valence-electron chi connectivity index (χ0n) is 9.50. The molecule has 1 unspecified atom stereocenters. The monoisotopic (exact) mass is 229 g/mol. The van der Waals surface area contributed by atoms with Crippen molar-refractivity contribution >= 4 is 0 Å². The number of hydrogen-bond donors (Lipinski definition) is 1. The standard InChI is InChI=1S/C14H15NO2/c15-14(13-2-1-9-16-13)10-3-5-11(6-4-10)17-12-7-8-12/h1-6,9,12,14H,7-8,15H2. The van der Waals surface area contributed by atoms with Gasteiger partial charge < -0.3 is 14.9 Å². The molecule has 3 nitrogen and oxygen atoms in total. The lowest BCUT2D eigenvalue weighted by atomic mass is 10.1. The summed E-state index contributed by atoms with van der Waals surface area (Å²) in [7, 11) is 0. The van der Waals surface area contributed by atoms with Crippen LogP contribution in [0.15, 0.2) is 47.1 Å². The molecule has 0 saturated heterocycles. The quantitative estimate of drug-likeness (QED) is 0.877. The minimum Gasteiger partial charge on any atom is -0.490 e. The maximum Gasteiger partial charge on any atom is 0.124 e. The first-order valence-corrected chi connectivity index (χ1v) is 5.88. The molecule has 17 heavy (non-hydrogen) atoms. The van der Waals surface area contributed by atoms with Crippen LogP contribution in [0, 0.1) is 0 Å². The zero-order chi connectivity index (χ0) is 11.7. The van der Waals surface area contributed by atoms with E-state index in [-0.39, 0.29) is 6.04 Å². The van der Waals surface area contributed by atoms with Crippen LogP contribution in [0.25, 0.3) is 0 Å². The van der Waals surface area contributed by atoms with Gasteiger partial charge in [0.2, 0.25) is 0 Å². The highest BCUT2D eigenvalue weighted by Crippen LogP contribution is 2.28. The molecule has 1 aliphatic rings. The smallest absolute Gasteiger partial charge is 0.124 e. The third-order valence-electron chi connectivity index (χ3n) is 2.92. The van der Waals surface area contributed by atoms with E-state index in [2.05, 4.69) is 0 Å². The van der Waals surface area contributed by atoms with Crippen LogP contribution in [0.5, 0.6) is 5.75 Å². The van der Waals surface area contributed by atoms with E-state index in [1.165, 1.54) is 12.8 Å². The second-order valence-electron chi connectivity index (χ2n) is 4.38. The summed E-state index contributed by atoms with van der Waals surface area (Å²) in [6.07, 6.45) is 4.42. The first-order valence-electron chi connectivity index (χ1n) is 5.88. The maximum atomic E-state index is 6.09. The fourth-order valence-electron chi connectivity index (χ4n) is 1.76. The van der Waals surface area contributed by atoms with Crippen LogP contribution in [0.1, 0.15) is 30.2 Å². The first kappa shape index (κ1) is 10.4. The Morgan fingerprint density at radius 1 is 1.18 bits per heavy atom. The first-order chi connectivity index (χ1) is 8.33. The molecular formula is C14H15NO2. The predicted octanol–water partition coefficient (Wildman–Crippen LogP) is 2.87. The molecule has 88 valence electrons. The molecule has 0 bridgehead atoms. The summed E-state index contributed by atoms with van der Waals surface area (Å²) >= 11 is 0. The van der Waals surface area contributed by atoms with Crippen LogP contribution < -0.4 is 10.5 Å². The fraction of sp³-hybridized carbons (Fsp3) is 0.286. The van der Waals surface area contributed by atoms with Gasteiger partial charge in [-0.25, -0.2) is 0 Å². The molecule has 1 aromatic heterocycles. The molecule has 1 aliphatic carbocycles. The molecule has 2 aromatic rings. The van der Waals surface area contributed by atoms with Gasteiger partial charge >= 0.3 is 0 Å². The van der Waals surface area contributed by atoms with Crippen molar-refractivity contribution in [3.05, 3.63) is 54.0 Å². The molecule has 3 heteroatoms. The van der Waals surface area contributed by atoms with E-state index >= 15 is 0 Å². The van der Waals surface area contributed by atoms with E-state index in [4.69, 9.17) is 14.9 Å². The number of benzene rings is 1. The second-order valence-corrected chi connectivity index (χ2v) is 4.38. The SMILES string of the molecule is NC(c1ccc(OC2CC2)cc1)c1ccco1. The molecule has 3 rings (SSSR count). The Labute approximate surface area is 100 Å². The van der Waals surface area contributed by atoms with Crippen LogP contribution in [-0.4, -0.2) is 6.10 Å². The summed E-state index contributed by atoms with van der Waals surface area (Å²) in [6.45, 7) is 0. The van der Waals surface area contributed by atoms with Gasteiger partial charge in [0.1, 0.15) is 11.5 Å². The van der Waals surface area contributed by atoms with Gasteiger partial charge in [0, 0.05) is 0 Å². The zero-order valence-corrected chi connectivity index (χ0v) is 9.50. The number of furan rings is 1. The number of nitrogens with two attached hydrogens (primary N) is 1. The topological polar surface area (TPSA) is 48.4 Å². The van der Waals surface area contributed by atoms with Gasteiger partial charge in [-0.1, -0.05) is 12.1 Å². The van der Waals surface area contributed by atoms with Crippen molar-refractivity contribution in [2.45, 2.75) is 25.0 Å². The lowest BCUT2D eigenvalue weighted by Gasteiger charge is -2.10. The molecule has 1 saturated carbocycles. The van der Waals surface area contributed by atoms with Gasteiger partial charge in [0.25, 0.3) is 0 Å². The fourth-order valence-corrected chi connectivity index (χ4v) is 1.76. The number of rotatable bonds is 4. The van der Waals surface area contributed by atoms with E-state index in [0.717, 1.165) is 17.1 Å². The molecule has 0 aliphatic heterocycles. The normalized spacial score (nSPS) is 16.8. The highest BCUT2D eigenvalue weighted by Gasteiger charge is 2.23. The van der Waals surface area contributed by atoms with Crippen molar-refractivity contribution in [1.29, 1.82) is 0 Å². The molecule has 1 fully saturated rings. The van der Waals surface area contributed by atoms with E-state index in [0.29, 0.717) is 6.10 Å². The minimum absolute atomic E-state index is 0.208. The summed E-state index contributed by atoms with van der Waals surface area (Å²) in [4.78, 5) is 0. The Kier molecular flexibility index (Phi) is 2.61. The number of ether oxygens (including phenoxy) is 1. The maximum absolute atomic E-state index is 6.09. The van der Waals surface area contributed by atoms with Gasteiger partial charge in [0.15, 0.2) is 0 Å². The van der Waals surface area contributed by atoms with E-state index < -0.39 is 0 Å². The van der Waals surface area contributed by atoms with Crippen LogP contribution in [0.3, 0.4) is 0 Å². The predicted molar refractivity (Wildman–Crippen MR) is 64.8 cm³/mol. The summed E-state index contributed by atoms with van der Waals surface area (Å²) in [5.74, 6) is 1.70. The second kappa shape index (κ2) is 4.26. The Bertz CT molecular complexity index is 471. The Hall–Kier alpha value is -1.74. The summed E-state index contributed by atoms with van der Waals surface area (Å²) in [5, 5.41) is 0. The van der Waals surface area contributed by atoms with Gasteiger partial charge in [-0.05, 0) is 42.7 Å². The third kappa shape index (κ3) is 2.34. The van der Waals surface area contributed by atoms with E-state index in [9.17, 15) is 0 Å². The van der Waals surface area contributed by atoms with Crippen molar-refractivity contribution < 1.29 is 9.15 Å². The van der Waals surface area contributed by atoms with Crippen molar-refractivity contribution in [3.63, 3.8) is 0 Å². The van der Waals surface area contributed by atoms with E-state index in [1.54, 1.807) is 6.26 Å². The molecule has 1 aromatic carbocycles.